The molecule has 0 radical (unpaired) electrons. The van der Waals surface area contributed by atoms with Crippen molar-refractivity contribution in [1.29, 1.82) is 0 Å². The molecule has 0 aliphatic carbocycles. The smallest absolute Gasteiger partial charge is 0.338 e. The number of carbonyl (C=O) groups excluding carboxylic acids is 1. The predicted octanol–water partition coefficient (Wildman–Crippen LogP) is 4.51. The summed E-state index contributed by atoms with van der Waals surface area (Å²) in [5.74, 6) is 1.00. The van der Waals surface area contributed by atoms with Gasteiger partial charge in [-0.3, -0.25) is 4.98 Å². The van der Waals surface area contributed by atoms with Gasteiger partial charge in [-0.15, -0.1) is 0 Å². The zero-order chi connectivity index (χ0) is 16.2. The minimum atomic E-state index is -0.338. The van der Waals surface area contributed by atoms with Gasteiger partial charge < -0.3 is 9.47 Å². The lowest BCUT2D eigenvalue weighted by Gasteiger charge is -2.13. The second kappa shape index (κ2) is 6.48. The van der Waals surface area contributed by atoms with Crippen molar-refractivity contribution in [2.24, 2.45) is 0 Å². The van der Waals surface area contributed by atoms with Crippen LogP contribution in [0, 0.1) is 6.92 Å². The maximum atomic E-state index is 12.0. The number of nitrogens with zero attached hydrogens (tertiary/aromatic N) is 1. The van der Waals surface area contributed by atoms with E-state index in [4.69, 9.17) is 9.47 Å². The molecule has 0 atom stereocenters. The standard InChI is InChI=1S/C19H17NO3/c1-3-22-19(21)14-8-6-10-17(13(14)2)23-18-11-12-20-16-9-5-4-7-15(16)18/h4-12H,3H2,1-2H3. The normalized spacial score (nSPS) is 10.5. The second-order valence-electron chi connectivity index (χ2n) is 5.08. The first-order valence-corrected chi connectivity index (χ1v) is 7.49. The Morgan fingerprint density at radius 2 is 1.87 bits per heavy atom. The molecular formula is C19H17NO3. The molecule has 116 valence electrons. The Labute approximate surface area is 134 Å². The van der Waals surface area contributed by atoms with Gasteiger partial charge >= 0.3 is 5.97 Å². The molecule has 0 amide bonds. The highest BCUT2D eigenvalue weighted by Crippen LogP contribution is 2.31. The summed E-state index contributed by atoms with van der Waals surface area (Å²) in [5.41, 5.74) is 2.14. The Hall–Kier alpha value is -2.88. The van der Waals surface area contributed by atoms with E-state index in [0.717, 1.165) is 16.5 Å². The summed E-state index contributed by atoms with van der Waals surface area (Å²) in [5, 5.41) is 0.927. The van der Waals surface area contributed by atoms with Crippen LogP contribution < -0.4 is 4.74 Å². The van der Waals surface area contributed by atoms with E-state index >= 15 is 0 Å². The SMILES string of the molecule is CCOC(=O)c1cccc(Oc2ccnc3ccccc23)c1C. The Morgan fingerprint density at radius 3 is 2.70 bits per heavy atom. The minimum Gasteiger partial charge on any atom is -0.462 e. The van der Waals surface area contributed by atoms with Crippen molar-refractivity contribution in [1.82, 2.24) is 4.98 Å². The summed E-state index contributed by atoms with van der Waals surface area (Å²) < 4.78 is 11.1. The van der Waals surface area contributed by atoms with Crippen molar-refractivity contribution in [3.8, 4) is 11.5 Å². The topological polar surface area (TPSA) is 48.4 Å². The van der Waals surface area contributed by atoms with E-state index in [9.17, 15) is 4.79 Å². The average molecular weight is 307 g/mol. The van der Waals surface area contributed by atoms with E-state index in [0.29, 0.717) is 23.7 Å². The van der Waals surface area contributed by atoms with E-state index in [1.54, 1.807) is 25.3 Å². The van der Waals surface area contributed by atoms with Crippen molar-refractivity contribution in [2.75, 3.05) is 6.61 Å². The number of fused-ring (bicyclic) bond motifs is 1. The Bertz CT molecular complexity index is 853. The van der Waals surface area contributed by atoms with Gasteiger partial charge in [-0.2, -0.15) is 0 Å². The van der Waals surface area contributed by atoms with Gasteiger partial charge in [0.2, 0.25) is 0 Å². The van der Waals surface area contributed by atoms with Crippen LogP contribution >= 0.6 is 0 Å². The van der Waals surface area contributed by atoms with Crippen LogP contribution in [0.4, 0.5) is 0 Å². The van der Waals surface area contributed by atoms with E-state index in [1.165, 1.54) is 0 Å². The highest BCUT2D eigenvalue weighted by atomic mass is 16.5. The lowest BCUT2D eigenvalue weighted by Crippen LogP contribution is -2.07. The van der Waals surface area contributed by atoms with Gasteiger partial charge in [0.1, 0.15) is 11.5 Å². The molecule has 1 heterocycles. The molecule has 23 heavy (non-hydrogen) atoms. The van der Waals surface area contributed by atoms with Crippen LogP contribution in [0.15, 0.2) is 54.7 Å². The Kier molecular flexibility index (Phi) is 4.24. The van der Waals surface area contributed by atoms with Crippen molar-refractivity contribution in [3.05, 3.63) is 65.9 Å². The fourth-order valence-corrected chi connectivity index (χ4v) is 2.43. The second-order valence-corrected chi connectivity index (χ2v) is 5.08. The molecule has 0 fully saturated rings. The molecule has 0 unspecified atom stereocenters. The average Bonchev–Trinajstić information content (AvgIpc) is 2.57. The van der Waals surface area contributed by atoms with Crippen LogP contribution in [-0.2, 0) is 4.74 Å². The maximum absolute atomic E-state index is 12.0. The third kappa shape index (κ3) is 3.01. The van der Waals surface area contributed by atoms with Gasteiger partial charge in [-0.05, 0) is 44.2 Å². The van der Waals surface area contributed by atoms with Gasteiger partial charge in [0, 0.05) is 17.1 Å². The van der Waals surface area contributed by atoms with E-state index in [2.05, 4.69) is 4.98 Å². The van der Waals surface area contributed by atoms with Crippen LogP contribution in [0.3, 0.4) is 0 Å². The number of rotatable bonds is 4. The van der Waals surface area contributed by atoms with Crippen LogP contribution in [0.2, 0.25) is 0 Å². The summed E-state index contributed by atoms with van der Waals surface area (Å²) in [7, 11) is 0. The molecule has 2 aromatic carbocycles. The van der Waals surface area contributed by atoms with Crippen molar-refractivity contribution >= 4 is 16.9 Å². The van der Waals surface area contributed by atoms with Crippen LogP contribution in [0.1, 0.15) is 22.8 Å². The number of aromatic nitrogens is 1. The highest BCUT2D eigenvalue weighted by molar-refractivity contribution is 5.92. The zero-order valence-electron chi connectivity index (χ0n) is 13.1. The monoisotopic (exact) mass is 307 g/mol. The largest absolute Gasteiger partial charge is 0.462 e. The third-order valence-electron chi connectivity index (χ3n) is 3.61. The molecule has 0 saturated carbocycles. The van der Waals surface area contributed by atoms with Crippen molar-refractivity contribution in [2.45, 2.75) is 13.8 Å². The molecule has 0 bridgehead atoms. The number of hydrogen-bond acceptors (Lipinski definition) is 4. The van der Waals surface area contributed by atoms with Crippen LogP contribution in [0.5, 0.6) is 11.5 Å². The van der Waals surface area contributed by atoms with Gasteiger partial charge in [0.05, 0.1) is 17.7 Å². The molecule has 0 spiro atoms. The van der Waals surface area contributed by atoms with E-state index < -0.39 is 0 Å². The number of hydrogen-bond donors (Lipinski definition) is 0. The molecule has 0 aliphatic heterocycles. The zero-order valence-corrected chi connectivity index (χ0v) is 13.1. The third-order valence-corrected chi connectivity index (χ3v) is 3.61. The molecule has 4 nitrogen and oxygen atoms in total. The highest BCUT2D eigenvalue weighted by Gasteiger charge is 2.14. The lowest BCUT2D eigenvalue weighted by atomic mass is 10.1. The molecular weight excluding hydrogens is 290 g/mol. The minimum absolute atomic E-state index is 0.338. The van der Waals surface area contributed by atoms with Gasteiger partial charge in [0.15, 0.2) is 0 Å². The number of para-hydroxylation sites is 1. The molecule has 0 saturated heterocycles. The molecule has 3 aromatic rings. The number of benzene rings is 2. The fraction of sp³-hybridized carbons (Fsp3) is 0.158. The summed E-state index contributed by atoms with van der Waals surface area (Å²) in [6, 6.07) is 15.0. The van der Waals surface area contributed by atoms with Gasteiger partial charge in [-0.1, -0.05) is 18.2 Å². The van der Waals surface area contributed by atoms with E-state index in [1.807, 2.05) is 43.3 Å². The van der Waals surface area contributed by atoms with Crippen LogP contribution in [-0.4, -0.2) is 17.6 Å². The first-order chi connectivity index (χ1) is 11.2. The quantitative estimate of drug-likeness (QED) is 0.665. The Balaban J connectivity index is 2.00. The summed E-state index contributed by atoms with van der Waals surface area (Å²) >= 11 is 0. The predicted molar refractivity (Wildman–Crippen MR) is 89.0 cm³/mol. The number of carbonyl (C=O) groups is 1. The molecule has 0 aliphatic rings. The molecule has 4 heteroatoms. The first-order valence-electron chi connectivity index (χ1n) is 7.49. The van der Waals surface area contributed by atoms with Gasteiger partial charge in [-0.25, -0.2) is 4.79 Å². The molecule has 1 aromatic heterocycles. The molecule has 0 N–H and O–H groups in total. The van der Waals surface area contributed by atoms with Crippen molar-refractivity contribution in [3.63, 3.8) is 0 Å². The van der Waals surface area contributed by atoms with E-state index in [-0.39, 0.29) is 5.97 Å². The number of ether oxygens (including phenoxy) is 2. The van der Waals surface area contributed by atoms with Crippen molar-refractivity contribution < 1.29 is 14.3 Å². The summed E-state index contributed by atoms with van der Waals surface area (Å²) in [6.45, 7) is 3.99. The summed E-state index contributed by atoms with van der Waals surface area (Å²) in [6.07, 6.45) is 1.71. The first kappa shape index (κ1) is 15.0. The van der Waals surface area contributed by atoms with Crippen LogP contribution in [0.25, 0.3) is 10.9 Å². The molecule has 3 rings (SSSR count). The number of esters is 1. The maximum Gasteiger partial charge on any atom is 0.338 e. The fourth-order valence-electron chi connectivity index (χ4n) is 2.43. The summed E-state index contributed by atoms with van der Waals surface area (Å²) in [4.78, 5) is 16.3. The number of pyridine rings is 1. The lowest BCUT2D eigenvalue weighted by molar-refractivity contribution is 0.0525. The Morgan fingerprint density at radius 1 is 1.04 bits per heavy atom. The van der Waals surface area contributed by atoms with Gasteiger partial charge in [0.25, 0.3) is 0 Å².